The van der Waals surface area contributed by atoms with Crippen LogP contribution in [-0.4, -0.2) is 36.9 Å². The fourth-order valence-electron chi connectivity index (χ4n) is 2.34. The molecule has 2 aromatic carbocycles. The Hall–Kier alpha value is -2.80. The van der Waals surface area contributed by atoms with E-state index in [0.29, 0.717) is 5.56 Å². The second kappa shape index (κ2) is 8.53. The zero-order chi connectivity index (χ0) is 19.2. The van der Waals surface area contributed by atoms with Gasteiger partial charge >= 0.3 is 5.97 Å². The minimum Gasteiger partial charge on any atom is -0.742 e. The smallest absolute Gasteiger partial charge is 0.310 e. The van der Waals surface area contributed by atoms with E-state index in [-0.39, 0.29) is 11.6 Å². The molecule has 2 aromatic rings. The number of carbonyl (C=O) groups is 1. The number of carbonyl (C=O) groups excluding carboxylic acids is 1. The van der Waals surface area contributed by atoms with Crippen molar-refractivity contribution in [3.63, 3.8) is 0 Å². The number of alkyl halides is 2. The molecule has 0 N–H and O–H groups in total. The molecule has 0 bridgehead atoms. The van der Waals surface area contributed by atoms with Crippen LogP contribution < -0.4 is 0 Å². The maximum absolute atomic E-state index is 13.4. The van der Waals surface area contributed by atoms with Crippen LogP contribution in [0.5, 0.6) is 0 Å². The number of esters is 1. The molecular weight excluding hydrogens is 342 g/mol. The number of ether oxygens (including phenoxy) is 1. The van der Waals surface area contributed by atoms with Crippen LogP contribution >= 0.6 is 0 Å². The Morgan fingerprint density at radius 1 is 1.23 bits per heavy atom. The maximum Gasteiger partial charge on any atom is 0.310 e. The average Bonchev–Trinajstić information content (AvgIpc) is 2.60. The molecule has 2 rings (SSSR count). The van der Waals surface area contributed by atoms with Crippen LogP contribution in [0, 0.1) is 12.1 Å². The Kier molecular flexibility index (Phi) is 6.41. The van der Waals surface area contributed by atoms with Gasteiger partial charge in [0.1, 0.15) is 0 Å². The SMILES string of the molecule is C=NN([O-])CC(F)(F)COC(=O)Cc1ccc(-c2cccc(C)c2)cc1. The van der Waals surface area contributed by atoms with Crippen LogP contribution in [0.25, 0.3) is 11.1 Å². The standard InChI is InChI=1S/C19H19F2N2O3/c1-14-4-3-5-17(10-14)16-8-6-15(7-9-16)11-18(24)26-13-19(20,21)12-23(25)22-2/h3-10H,2,11-13H2,1H3/q-1. The second-order valence-electron chi connectivity index (χ2n) is 5.91. The Morgan fingerprint density at radius 3 is 2.54 bits per heavy atom. The van der Waals surface area contributed by atoms with Crippen molar-refractivity contribution in [2.45, 2.75) is 19.3 Å². The summed E-state index contributed by atoms with van der Waals surface area (Å²) in [7, 11) is 0. The van der Waals surface area contributed by atoms with Gasteiger partial charge in [-0.3, -0.25) is 4.79 Å². The Balaban J connectivity index is 1.90. The highest BCUT2D eigenvalue weighted by Gasteiger charge is 2.31. The highest BCUT2D eigenvalue weighted by molar-refractivity contribution is 5.73. The van der Waals surface area contributed by atoms with E-state index < -0.39 is 25.0 Å². The van der Waals surface area contributed by atoms with Crippen molar-refractivity contribution >= 4 is 12.7 Å². The summed E-state index contributed by atoms with van der Waals surface area (Å²) in [5.41, 5.74) is 3.83. The van der Waals surface area contributed by atoms with Crippen LogP contribution in [0.4, 0.5) is 8.78 Å². The zero-order valence-electron chi connectivity index (χ0n) is 14.3. The van der Waals surface area contributed by atoms with E-state index in [9.17, 15) is 18.8 Å². The van der Waals surface area contributed by atoms with Crippen molar-refractivity contribution < 1.29 is 18.3 Å². The van der Waals surface area contributed by atoms with Crippen molar-refractivity contribution in [3.8, 4) is 11.1 Å². The van der Waals surface area contributed by atoms with Gasteiger partial charge in [-0.05, 0) is 23.6 Å². The second-order valence-corrected chi connectivity index (χ2v) is 5.91. The molecule has 0 heterocycles. The lowest BCUT2D eigenvalue weighted by atomic mass is 10.0. The van der Waals surface area contributed by atoms with Gasteiger partial charge in [-0.25, -0.2) is 13.9 Å². The molecule has 0 fully saturated rings. The summed E-state index contributed by atoms with van der Waals surface area (Å²) in [4.78, 5) is 11.7. The van der Waals surface area contributed by atoms with Crippen LogP contribution in [0.3, 0.4) is 0 Å². The summed E-state index contributed by atoms with van der Waals surface area (Å²) in [5, 5.41) is 13.4. The van der Waals surface area contributed by atoms with Crippen molar-refractivity contribution in [3.05, 3.63) is 64.9 Å². The monoisotopic (exact) mass is 361 g/mol. The predicted octanol–water partition coefficient (Wildman–Crippen LogP) is 3.80. The van der Waals surface area contributed by atoms with Gasteiger partial charge in [0.15, 0.2) is 6.61 Å². The zero-order valence-corrected chi connectivity index (χ0v) is 14.3. The molecule has 7 heteroatoms. The van der Waals surface area contributed by atoms with Crippen LogP contribution in [0.2, 0.25) is 0 Å². The molecule has 0 amide bonds. The first kappa shape index (κ1) is 19.5. The summed E-state index contributed by atoms with van der Waals surface area (Å²) < 4.78 is 31.4. The number of hydrogen-bond acceptors (Lipinski definition) is 5. The molecule has 0 aromatic heterocycles. The van der Waals surface area contributed by atoms with Gasteiger partial charge in [0.05, 0.1) is 13.0 Å². The first-order chi connectivity index (χ1) is 12.3. The molecule has 0 aliphatic heterocycles. The molecule has 0 unspecified atom stereocenters. The molecule has 0 aliphatic carbocycles. The van der Waals surface area contributed by atoms with E-state index in [1.54, 1.807) is 12.1 Å². The maximum atomic E-state index is 13.4. The third-order valence-corrected chi connectivity index (χ3v) is 3.62. The summed E-state index contributed by atoms with van der Waals surface area (Å²) in [6.45, 7) is 2.46. The van der Waals surface area contributed by atoms with Crippen molar-refractivity contribution in [1.29, 1.82) is 0 Å². The van der Waals surface area contributed by atoms with E-state index in [1.807, 2.05) is 43.3 Å². The third-order valence-electron chi connectivity index (χ3n) is 3.62. The number of rotatable bonds is 8. The Morgan fingerprint density at radius 2 is 1.92 bits per heavy atom. The number of halogens is 2. The largest absolute Gasteiger partial charge is 0.742 e. The molecule has 0 spiro atoms. The summed E-state index contributed by atoms with van der Waals surface area (Å²) in [5.74, 6) is -4.29. The van der Waals surface area contributed by atoms with Gasteiger partial charge in [-0.15, -0.1) is 0 Å². The average molecular weight is 361 g/mol. The Bertz CT molecular complexity index is 764. The first-order valence-electron chi connectivity index (χ1n) is 7.90. The van der Waals surface area contributed by atoms with Gasteiger partial charge in [-0.1, -0.05) is 54.1 Å². The molecule has 0 aliphatic rings. The number of aryl methyl sites for hydroxylation is 1. The highest BCUT2D eigenvalue weighted by Crippen LogP contribution is 2.21. The van der Waals surface area contributed by atoms with Gasteiger partial charge in [0.2, 0.25) is 0 Å². The first-order valence-corrected chi connectivity index (χ1v) is 7.90. The minimum absolute atomic E-state index is 0.134. The van der Waals surface area contributed by atoms with E-state index >= 15 is 0 Å². The molecule has 26 heavy (non-hydrogen) atoms. The number of benzene rings is 2. The van der Waals surface area contributed by atoms with E-state index in [2.05, 4.69) is 16.6 Å². The summed E-state index contributed by atoms with van der Waals surface area (Å²) >= 11 is 0. The fraction of sp³-hybridized carbons (Fsp3) is 0.263. The lowest BCUT2D eigenvalue weighted by Gasteiger charge is -2.28. The number of nitrogens with zero attached hydrogens (tertiary/aromatic N) is 2. The molecule has 0 atom stereocenters. The number of hydroxylamine groups is 1. The van der Waals surface area contributed by atoms with Gasteiger partial charge in [0, 0.05) is 6.72 Å². The van der Waals surface area contributed by atoms with E-state index in [1.165, 1.54) is 0 Å². The van der Waals surface area contributed by atoms with Crippen LogP contribution in [-0.2, 0) is 16.0 Å². The van der Waals surface area contributed by atoms with Crippen molar-refractivity contribution in [1.82, 2.24) is 5.17 Å². The van der Waals surface area contributed by atoms with Crippen molar-refractivity contribution in [2.75, 3.05) is 13.2 Å². The third kappa shape index (κ3) is 5.93. The highest BCUT2D eigenvalue weighted by atomic mass is 19.3. The molecule has 138 valence electrons. The minimum atomic E-state index is -3.49. The quantitative estimate of drug-likeness (QED) is 0.408. The number of hydrazone groups is 1. The van der Waals surface area contributed by atoms with Crippen molar-refractivity contribution in [2.24, 2.45) is 5.10 Å². The van der Waals surface area contributed by atoms with Crippen LogP contribution in [0.1, 0.15) is 11.1 Å². The topological polar surface area (TPSA) is 65.0 Å². The summed E-state index contributed by atoms with van der Waals surface area (Å²) in [6, 6.07) is 15.2. The van der Waals surface area contributed by atoms with Gasteiger partial charge in [-0.2, -0.15) is 0 Å². The lowest BCUT2D eigenvalue weighted by molar-refractivity contribution is -0.155. The van der Waals surface area contributed by atoms with Gasteiger partial charge in [0.25, 0.3) is 5.92 Å². The van der Waals surface area contributed by atoms with Crippen LogP contribution in [0.15, 0.2) is 53.6 Å². The van der Waals surface area contributed by atoms with E-state index in [4.69, 9.17) is 0 Å². The molecule has 0 radical (unpaired) electrons. The fourth-order valence-corrected chi connectivity index (χ4v) is 2.34. The predicted molar refractivity (Wildman–Crippen MR) is 95.8 cm³/mol. The normalized spacial score (nSPS) is 11.1. The lowest BCUT2D eigenvalue weighted by Crippen LogP contribution is -2.36. The number of hydrogen-bond donors (Lipinski definition) is 0. The Labute approximate surface area is 150 Å². The van der Waals surface area contributed by atoms with E-state index in [0.717, 1.165) is 16.7 Å². The molecule has 0 saturated heterocycles. The molecule has 0 saturated carbocycles. The summed E-state index contributed by atoms with van der Waals surface area (Å²) in [6.07, 6.45) is -0.134. The molecular formula is C19H19F2N2O3-. The van der Waals surface area contributed by atoms with Gasteiger partial charge < -0.3 is 15.1 Å². The molecule has 5 nitrogen and oxygen atoms in total.